The van der Waals surface area contributed by atoms with E-state index < -0.39 is 0 Å². The van der Waals surface area contributed by atoms with Crippen LogP contribution in [-0.2, 0) is 4.79 Å². The second-order valence-electron chi connectivity index (χ2n) is 5.07. The predicted octanol–water partition coefficient (Wildman–Crippen LogP) is 1.57. The Hall–Kier alpha value is -0.830. The van der Waals surface area contributed by atoms with Crippen molar-refractivity contribution in [3.05, 3.63) is 11.6 Å². The number of amides is 1. The second kappa shape index (κ2) is 4.58. The zero-order valence-electron chi connectivity index (χ0n) is 10.1. The maximum atomic E-state index is 12.0. The van der Waals surface area contributed by atoms with Gasteiger partial charge in [-0.05, 0) is 32.1 Å². The van der Waals surface area contributed by atoms with Gasteiger partial charge in [-0.15, -0.1) is 0 Å². The van der Waals surface area contributed by atoms with Gasteiger partial charge in [-0.3, -0.25) is 4.79 Å². The number of aliphatic hydroxyl groups excluding tert-OH is 1. The molecule has 1 heterocycles. The number of allylic oxidation sites excluding steroid dienone is 1. The zero-order chi connectivity index (χ0) is 11.7. The average Bonchev–Trinajstić information content (AvgIpc) is 2.81. The van der Waals surface area contributed by atoms with Gasteiger partial charge in [0, 0.05) is 24.6 Å². The lowest BCUT2D eigenvalue weighted by Crippen LogP contribution is -2.31. The van der Waals surface area contributed by atoms with Crippen LogP contribution in [-0.4, -0.2) is 35.1 Å². The molecule has 3 unspecified atom stereocenters. The highest BCUT2D eigenvalue weighted by atomic mass is 16.3. The van der Waals surface area contributed by atoms with Crippen molar-refractivity contribution in [3.63, 3.8) is 0 Å². The van der Waals surface area contributed by atoms with Gasteiger partial charge in [0.1, 0.15) is 0 Å². The number of hydrogen-bond acceptors (Lipinski definition) is 2. The number of carbonyl (C=O) groups excluding carboxylic acids is 1. The molecule has 2 aliphatic rings. The third-order valence-electron chi connectivity index (χ3n) is 3.95. The normalized spacial score (nSPS) is 34.3. The van der Waals surface area contributed by atoms with Crippen LogP contribution >= 0.6 is 0 Å². The molecule has 0 aromatic rings. The van der Waals surface area contributed by atoms with Crippen molar-refractivity contribution >= 4 is 5.91 Å². The first kappa shape index (κ1) is 11.6. The molecule has 3 heteroatoms. The number of likely N-dealkylation sites (tertiary alicyclic amines) is 1. The van der Waals surface area contributed by atoms with E-state index in [9.17, 15) is 9.90 Å². The van der Waals surface area contributed by atoms with Crippen LogP contribution in [0.2, 0.25) is 0 Å². The molecule has 3 nitrogen and oxygen atoms in total. The summed E-state index contributed by atoms with van der Waals surface area (Å²) in [5.74, 6) is 1.02. The molecule has 1 aliphatic heterocycles. The fraction of sp³-hybridized carbons (Fsp3) is 0.769. The standard InChI is InChI=1S/C13H21NO2/c1-3-4-9(2)13(16)14-7-10-5-6-12(15)11(10)8-14/h4,10-12,15H,3,5-8H2,1-2H3/b9-4-. The van der Waals surface area contributed by atoms with Gasteiger partial charge in [0.2, 0.25) is 5.91 Å². The Morgan fingerprint density at radius 1 is 1.44 bits per heavy atom. The van der Waals surface area contributed by atoms with Gasteiger partial charge in [-0.2, -0.15) is 0 Å². The molecule has 0 spiro atoms. The highest BCUT2D eigenvalue weighted by Crippen LogP contribution is 2.38. The lowest BCUT2D eigenvalue weighted by molar-refractivity contribution is -0.126. The minimum atomic E-state index is -0.182. The van der Waals surface area contributed by atoms with Crippen molar-refractivity contribution in [3.8, 4) is 0 Å². The van der Waals surface area contributed by atoms with Gasteiger partial charge >= 0.3 is 0 Å². The topological polar surface area (TPSA) is 40.5 Å². The molecule has 2 fully saturated rings. The van der Waals surface area contributed by atoms with Crippen LogP contribution in [0.4, 0.5) is 0 Å². The van der Waals surface area contributed by atoms with Crippen molar-refractivity contribution < 1.29 is 9.90 Å². The summed E-state index contributed by atoms with van der Waals surface area (Å²) in [4.78, 5) is 14.0. The van der Waals surface area contributed by atoms with Crippen LogP contribution in [0.1, 0.15) is 33.1 Å². The van der Waals surface area contributed by atoms with Crippen LogP contribution in [0.25, 0.3) is 0 Å². The molecule has 1 saturated heterocycles. The Bertz CT molecular complexity index is 311. The molecule has 1 saturated carbocycles. The number of hydrogen-bond donors (Lipinski definition) is 1. The number of aliphatic hydroxyl groups is 1. The fourth-order valence-corrected chi connectivity index (χ4v) is 3.05. The highest BCUT2D eigenvalue weighted by Gasteiger charge is 2.43. The van der Waals surface area contributed by atoms with Gasteiger partial charge in [0.15, 0.2) is 0 Å². The molecular weight excluding hydrogens is 202 g/mol. The van der Waals surface area contributed by atoms with Crippen molar-refractivity contribution in [2.45, 2.75) is 39.2 Å². The van der Waals surface area contributed by atoms with E-state index in [1.807, 2.05) is 24.8 Å². The van der Waals surface area contributed by atoms with E-state index in [-0.39, 0.29) is 12.0 Å². The summed E-state index contributed by atoms with van der Waals surface area (Å²) in [6.45, 7) is 5.52. The molecule has 2 rings (SSSR count). The third-order valence-corrected chi connectivity index (χ3v) is 3.95. The fourth-order valence-electron chi connectivity index (χ4n) is 3.05. The Morgan fingerprint density at radius 2 is 2.19 bits per heavy atom. The minimum absolute atomic E-state index is 0.156. The first-order chi connectivity index (χ1) is 7.63. The molecular formula is C13H21NO2. The van der Waals surface area contributed by atoms with Gasteiger partial charge in [-0.1, -0.05) is 13.0 Å². The SMILES string of the molecule is CC/C=C(/C)C(=O)N1CC2CCC(O)C2C1. The lowest BCUT2D eigenvalue weighted by Gasteiger charge is -2.18. The minimum Gasteiger partial charge on any atom is -0.393 e. The molecule has 1 amide bonds. The van der Waals surface area contributed by atoms with Crippen LogP contribution in [0.3, 0.4) is 0 Å². The largest absolute Gasteiger partial charge is 0.393 e. The van der Waals surface area contributed by atoms with Crippen LogP contribution in [0.15, 0.2) is 11.6 Å². The maximum absolute atomic E-state index is 12.0. The van der Waals surface area contributed by atoms with Gasteiger partial charge in [0.05, 0.1) is 6.10 Å². The van der Waals surface area contributed by atoms with Crippen LogP contribution in [0, 0.1) is 11.8 Å². The number of nitrogens with zero attached hydrogens (tertiary/aromatic N) is 1. The Balaban J connectivity index is 1.99. The number of carbonyl (C=O) groups is 1. The highest BCUT2D eigenvalue weighted by molar-refractivity contribution is 5.93. The lowest BCUT2D eigenvalue weighted by atomic mass is 10.00. The second-order valence-corrected chi connectivity index (χ2v) is 5.07. The molecule has 1 aliphatic carbocycles. The smallest absolute Gasteiger partial charge is 0.249 e. The van der Waals surface area contributed by atoms with Crippen molar-refractivity contribution in [1.82, 2.24) is 4.90 Å². The third kappa shape index (κ3) is 2.01. The quantitative estimate of drug-likeness (QED) is 0.722. The Morgan fingerprint density at radius 3 is 2.81 bits per heavy atom. The molecule has 3 atom stereocenters. The van der Waals surface area contributed by atoms with Crippen molar-refractivity contribution in [1.29, 1.82) is 0 Å². The van der Waals surface area contributed by atoms with E-state index >= 15 is 0 Å². The number of fused-ring (bicyclic) bond motifs is 1. The summed E-state index contributed by atoms with van der Waals surface area (Å²) in [6, 6.07) is 0. The van der Waals surface area contributed by atoms with E-state index in [0.29, 0.717) is 11.8 Å². The summed E-state index contributed by atoms with van der Waals surface area (Å²) >= 11 is 0. The average molecular weight is 223 g/mol. The van der Waals surface area contributed by atoms with E-state index in [4.69, 9.17) is 0 Å². The molecule has 0 aromatic carbocycles. The zero-order valence-corrected chi connectivity index (χ0v) is 10.1. The summed E-state index contributed by atoms with van der Waals surface area (Å²) in [5.41, 5.74) is 0.844. The Kier molecular flexibility index (Phi) is 3.33. The monoisotopic (exact) mass is 223 g/mol. The van der Waals surface area contributed by atoms with E-state index in [0.717, 1.165) is 37.9 Å². The first-order valence-electron chi connectivity index (χ1n) is 6.27. The van der Waals surface area contributed by atoms with Crippen LogP contribution in [0.5, 0.6) is 0 Å². The Labute approximate surface area is 97.1 Å². The van der Waals surface area contributed by atoms with E-state index in [1.165, 1.54) is 0 Å². The van der Waals surface area contributed by atoms with E-state index in [2.05, 4.69) is 0 Å². The summed E-state index contributed by atoms with van der Waals surface area (Å²) in [6.07, 6.45) is 4.69. The molecule has 0 bridgehead atoms. The van der Waals surface area contributed by atoms with E-state index in [1.54, 1.807) is 0 Å². The van der Waals surface area contributed by atoms with Crippen molar-refractivity contribution in [2.24, 2.45) is 11.8 Å². The van der Waals surface area contributed by atoms with Crippen LogP contribution < -0.4 is 0 Å². The number of rotatable bonds is 2. The summed E-state index contributed by atoms with van der Waals surface area (Å²) in [5, 5.41) is 9.79. The summed E-state index contributed by atoms with van der Waals surface area (Å²) in [7, 11) is 0. The first-order valence-corrected chi connectivity index (χ1v) is 6.27. The summed E-state index contributed by atoms with van der Waals surface area (Å²) < 4.78 is 0. The maximum Gasteiger partial charge on any atom is 0.249 e. The van der Waals surface area contributed by atoms with Gasteiger partial charge in [-0.25, -0.2) is 0 Å². The molecule has 1 N–H and O–H groups in total. The molecule has 16 heavy (non-hydrogen) atoms. The van der Waals surface area contributed by atoms with Crippen molar-refractivity contribution in [2.75, 3.05) is 13.1 Å². The molecule has 90 valence electrons. The van der Waals surface area contributed by atoms with Gasteiger partial charge < -0.3 is 10.0 Å². The molecule has 0 radical (unpaired) electrons. The van der Waals surface area contributed by atoms with Gasteiger partial charge in [0.25, 0.3) is 0 Å². The predicted molar refractivity (Wildman–Crippen MR) is 62.8 cm³/mol. The molecule has 0 aromatic heterocycles.